The number of rotatable bonds is 2. The third-order valence-corrected chi connectivity index (χ3v) is 3.91. The quantitative estimate of drug-likeness (QED) is 0.825. The number of aryl methyl sites for hydroxylation is 2. The lowest BCUT2D eigenvalue weighted by molar-refractivity contribution is -0.138. The molecule has 3 rings (SSSR count). The molecule has 1 aromatic rings. The van der Waals surface area contributed by atoms with E-state index < -0.39 is 5.97 Å². The molecule has 2 heteroatoms. The van der Waals surface area contributed by atoms with Crippen LogP contribution in [0.3, 0.4) is 0 Å². The number of benzene rings is 1. The number of carbonyl (C=O) groups is 1. The van der Waals surface area contributed by atoms with Crippen molar-refractivity contribution in [2.24, 2.45) is 5.92 Å². The van der Waals surface area contributed by atoms with Crippen LogP contribution in [0, 0.1) is 5.92 Å². The van der Waals surface area contributed by atoms with Gasteiger partial charge in [-0.2, -0.15) is 0 Å². The van der Waals surface area contributed by atoms with Crippen molar-refractivity contribution in [1.82, 2.24) is 0 Å². The maximum absolute atomic E-state index is 10.8. The van der Waals surface area contributed by atoms with E-state index in [0.29, 0.717) is 0 Å². The summed E-state index contributed by atoms with van der Waals surface area (Å²) in [6, 6.07) is 6.60. The molecule has 2 unspecified atom stereocenters. The third kappa shape index (κ3) is 1.62. The lowest BCUT2D eigenvalue weighted by Gasteiger charge is -2.16. The van der Waals surface area contributed by atoms with Crippen molar-refractivity contribution in [2.45, 2.75) is 38.0 Å². The summed E-state index contributed by atoms with van der Waals surface area (Å²) in [5.74, 6) is -0.478. The van der Waals surface area contributed by atoms with Gasteiger partial charge < -0.3 is 5.11 Å². The van der Waals surface area contributed by atoms with Crippen molar-refractivity contribution in [2.75, 3.05) is 0 Å². The molecule has 0 aromatic heterocycles. The van der Waals surface area contributed by atoms with Gasteiger partial charge in [-0.25, -0.2) is 0 Å². The lowest BCUT2D eigenvalue weighted by Crippen LogP contribution is -2.04. The summed E-state index contributed by atoms with van der Waals surface area (Å²) in [5.41, 5.74) is 4.18. The monoisotopic (exact) mass is 216 g/mol. The van der Waals surface area contributed by atoms with Crippen molar-refractivity contribution in [3.05, 3.63) is 34.9 Å². The average molecular weight is 216 g/mol. The Kier molecular flexibility index (Phi) is 2.23. The van der Waals surface area contributed by atoms with Gasteiger partial charge in [0.1, 0.15) is 0 Å². The van der Waals surface area contributed by atoms with Crippen molar-refractivity contribution in [3.8, 4) is 0 Å². The molecule has 0 aliphatic heterocycles. The van der Waals surface area contributed by atoms with E-state index in [1.807, 2.05) is 0 Å². The minimum atomic E-state index is -0.636. The lowest BCUT2D eigenvalue weighted by atomic mass is 9.89. The highest BCUT2D eigenvalue weighted by molar-refractivity contribution is 5.75. The second-order valence-corrected chi connectivity index (χ2v) is 5.02. The highest BCUT2D eigenvalue weighted by Crippen LogP contribution is 2.48. The fourth-order valence-electron chi connectivity index (χ4n) is 2.82. The Morgan fingerprint density at radius 3 is 2.62 bits per heavy atom. The van der Waals surface area contributed by atoms with Crippen LogP contribution in [0.2, 0.25) is 0 Å². The Labute approximate surface area is 95.3 Å². The first-order chi connectivity index (χ1) is 7.75. The fourth-order valence-corrected chi connectivity index (χ4v) is 2.82. The molecule has 2 aliphatic rings. The van der Waals surface area contributed by atoms with Crippen molar-refractivity contribution >= 4 is 5.97 Å². The van der Waals surface area contributed by atoms with E-state index in [1.54, 1.807) is 0 Å². The fraction of sp³-hybridized carbons (Fsp3) is 0.500. The molecule has 0 radical (unpaired) electrons. The number of carboxylic acids is 1. The molecule has 0 heterocycles. The van der Waals surface area contributed by atoms with Gasteiger partial charge >= 0.3 is 5.97 Å². The summed E-state index contributed by atoms with van der Waals surface area (Å²) in [6.07, 6.45) is 5.78. The number of hydrogen-bond acceptors (Lipinski definition) is 1. The van der Waals surface area contributed by atoms with E-state index in [0.717, 1.165) is 6.42 Å². The number of carboxylic acid groups (broad SMARTS) is 1. The Hall–Kier alpha value is -1.31. The molecule has 1 aromatic carbocycles. The number of hydrogen-bond donors (Lipinski definition) is 1. The maximum atomic E-state index is 10.8. The molecular weight excluding hydrogens is 200 g/mol. The molecule has 0 saturated heterocycles. The highest BCUT2D eigenvalue weighted by Gasteiger charge is 2.44. The largest absolute Gasteiger partial charge is 0.481 e. The van der Waals surface area contributed by atoms with Crippen molar-refractivity contribution in [1.29, 1.82) is 0 Å². The Bertz CT molecular complexity index is 436. The minimum absolute atomic E-state index is 0.123. The molecule has 1 saturated carbocycles. The van der Waals surface area contributed by atoms with Crippen LogP contribution in [0.25, 0.3) is 0 Å². The first kappa shape index (κ1) is 9.88. The van der Waals surface area contributed by atoms with Crippen LogP contribution in [0.5, 0.6) is 0 Å². The Balaban J connectivity index is 1.85. The predicted octanol–water partition coefficient (Wildman–Crippen LogP) is 2.75. The normalized spacial score (nSPS) is 27.2. The second kappa shape index (κ2) is 3.62. The first-order valence-corrected chi connectivity index (χ1v) is 6.10. The zero-order chi connectivity index (χ0) is 11.1. The van der Waals surface area contributed by atoms with E-state index in [1.165, 1.54) is 42.4 Å². The van der Waals surface area contributed by atoms with Crippen LogP contribution in [-0.2, 0) is 17.6 Å². The standard InChI is InChI=1S/C14H16O2/c15-14(16)13-8-12(13)11-6-5-9-3-1-2-4-10(9)7-11/h5-7,12-13H,1-4,8H2,(H,15,16). The topological polar surface area (TPSA) is 37.3 Å². The maximum Gasteiger partial charge on any atom is 0.307 e. The van der Waals surface area contributed by atoms with Crippen LogP contribution in [0.1, 0.15) is 41.9 Å². The first-order valence-electron chi connectivity index (χ1n) is 6.10. The number of fused-ring (bicyclic) bond motifs is 1. The zero-order valence-corrected chi connectivity index (χ0v) is 9.28. The summed E-state index contributed by atoms with van der Waals surface area (Å²) in [6.45, 7) is 0. The van der Waals surface area contributed by atoms with Gasteiger partial charge in [-0.15, -0.1) is 0 Å². The SMILES string of the molecule is O=C(O)C1CC1c1ccc2c(c1)CCCC2. The highest BCUT2D eigenvalue weighted by atomic mass is 16.4. The van der Waals surface area contributed by atoms with Gasteiger partial charge in [0.2, 0.25) is 0 Å². The minimum Gasteiger partial charge on any atom is -0.481 e. The van der Waals surface area contributed by atoms with Gasteiger partial charge in [0.25, 0.3) is 0 Å². The van der Waals surface area contributed by atoms with Crippen LogP contribution in [0.4, 0.5) is 0 Å². The molecule has 2 atom stereocenters. The van der Waals surface area contributed by atoms with Gasteiger partial charge in [0.15, 0.2) is 0 Å². The van der Waals surface area contributed by atoms with E-state index in [2.05, 4.69) is 18.2 Å². The van der Waals surface area contributed by atoms with Gasteiger partial charge in [-0.05, 0) is 54.7 Å². The van der Waals surface area contributed by atoms with Crippen LogP contribution < -0.4 is 0 Å². The Morgan fingerprint density at radius 1 is 1.19 bits per heavy atom. The summed E-state index contributed by atoms with van der Waals surface area (Å²) in [5, 5.41) is 8.92. The van der Waals surface area contributed by atoms with Gasteiger partial charge in [0, 0.05) is 0 Å². The molecule has 0 amide bonds. The molecular formula is C14H16O2. The van der Waals surface area contributed by atoms with Gasteiger partial charge in [-0.3, -0.25) is 4.79 Å². The van der Waals surface area contributed by atoms with E-state index in [4.69, 9.17) is 5.11 Å². The summed E-state index contributed by atoms with van der Waals surface area (Å²) in [7, 11) is 0. The summed E-state index contributed by atoms with van der Waals surface area (Å²) >= 11 is 0. The second-order valence-electron chi connectivity index (χ2n) is 5.02. The summed E-state index contributed by atoms with van der Waals surface area (Å²) in [4.78, 5) is 10.8. The molecule has 2 nitrogen and oxygen atoms in total. The molecule has 1 fully saturated rings. The molecule has 0 spiro atoms. The van der Waals surface area contributed by atoms with E-state index in [9.17, 15) is 4.79 Å². The van der Waals surface area contributed by atoms with Crippen molar-refractivity contribution in [3.63, 3.8) is 0 Å². The van der Waals surface area contributed by atoms with E-state index in [-0.39, 0.29) is 11.8 Å². The predicted molar refractivity (Wildman–Crippen MR) is 61.6 cm³/mol. The molecule has 1 N–H and O–H groups in total. The van der Waals surface area contributed by atoms with Crippen LogP contribution in [-0.4, -0.2) is 11.1 Å². The van der Waals surface area contributed by atoms with Crippen LogP contribution >= 0.6 is 0 Å². The third-order valence-electron chi connectivity index (χ3n) is 3.91. The van der Waals surface area contributed by atoms with Gasteiger partial charge in [0.05, 0.1) is 5.92 Å². The summed E-state index contributed by atoms with van der Waals surface area (Å²) < 4.78 is 0. The molecule has 16 heavy (non-hydrogen) atoms. The average Bonchev–Trinajstić information content (AvgIpc) is 3.08. The van der Waals surface area contributed by atoms with E-state index >= 15 is 0 Å². The zero-order valence-electron chi connectivity index (χ0n) is 9.28. The number of aliphatic carboxylic acids is 1. The Morgan fingerprint density at radius 2 is 1.94 bits per heavy atom. The van der Waals surface area contributed by atoms with Gasteiger partial charge in [-0.1, -0.05) is 18.2 Å². The van der Waals surface area contributed by atoms with Crippen LogP contribution in [0.15, 0.2) is 18.2 Å². The molecule has 0 bridgehead atoms. The molecule has 84 valence electrons. The smallest absolute Gasteiger partial charge is 0.307 e. The van der Waals surface area contributed by atoms with Crippen molar-refractivity contribution < 1.29 is 9.90 Å². The molecule has 2 aliphatic carbocycles.